The van der Waals surface area contributed by atoms with Crippen molar-refractivity contribution in [1.82, 2.24) is 0 Å². The van der Waals surface area contributed by atoms with Crippen LogP contribution in [0.2, 0.25) is 0 Å². The molecule has 0 aromatic rings. The second-order valence-electron chi connectivity index (χ2n) is 4.05. The van der Waals surface area contributed by atoms with Crippen LogP contribution in [-0.2, 0) is 9.53 Å². The lowest BCUT2D eigenvalue weighted by Gasteiger charge is -2.21. The Labute approximate surface area is 90.3 Å². The fraction of sp³-hybridized carbons (Fsp3) is 0.818. The van der Waals surface area contributed by atoms with Gasteiger partial charge in [0.1, 0.15) is 0 Å². The summed E-state index contributed by atoms with van der Waals surface area (Å²) < 4.78 is 5.02. The van der Waals surface area contributed by atoms with Crippen molar-refractivity contribution in [2.75, 3.05) is 6.61 Å². The van der Waals surface area contributed by atoms with Crippen LogP contribution in [0.5, 0.6) is 0 Å². The highest BCUT2D eigenvalue weighted by Crippen LogP contribution is 2.25. The maximum Gasteiger partial charge on any atom is 0.306 e. The van der Waals surface area contributed by atoms with E-state index >= 15 is 0 Å². The smallest absolute Gasteiger partial charge is 0.306 e. The molecule has 4 nitrogen and oxygen atoms in total. The zero-order chi connectivity index (χ0) is 11.1. The van der Waals surface area contributed by atoms with Crippen LogP contribution in [0.15, 0.2) is 5.16 Å². The van der Waals surface area contributed by atoms with E-state index in [2.05, 4.69) is 5.16 Å². The largest absolute Gasteiger partial charge is 0.466 e. The molecule has 0 bridgehead atoms. The molecule has 0 amide bonds. The molecule has 0 aliphatic heterocycles. The van der Waals surface area contributed by atoms with Gasteiger partial charge in [-0.2, -0.15) is 0 Å². The summed E-state index contributed by atoms with van der Waals surface area (Å²) in [5.74, 6) is 0.176. The number of oxime groups is 1. The third-order valence-corrected chi connectivity index (χ3v) is 2.67. The second kappa shape index (κ2) is 6.43. The lowest BCUT2D eigenvalue weighted by atomic mass is 9.86. The van der Waals surface area contributed by atoms with E-state index in [4.69, 9.17) is 9.94 Å². The molecule has 1 N–H and O–H groups in total. The Morgan fingerprint density at radius 1 is 1.67 bits per heavy atom. The van der Waals surface area contributed by atoms with E-state index in [1.807, 2.05) is 6.92 Å². The lowest BCUT2D eigenvalue weighted by molar-refractivity contribution is -0.144. The number of nitrogens with zero attached hydrogens (tertiary/aromatic N) is 1. The summed E-state index contributed by atoms with van der Waals surface area (Å²) in [6.07, 6.45) is 4.94. The minimum atomic E-state index is -0.124. The molecule has 0 aromatic carbocycles. The van der Waals surface area contributed by atoms with Gasteiger partial charge >= 0.3 is 5.97 Å². The van der Waals surface area contributed by atoms with E-state index in [-0.39, 0.29) is 5.97 Å². The molecule has 0 radical (unpaired) electrons. The van der Waals surface area contributed by atoms with Gasteiger partial charge in [0.05, 0.1) is 12.3 Å². The molecule has 1 aliphatic rings. The first-order chi connectivity index (χ1) is 7.26. The van der Waals surface area contributed by atoms with Crippen molar-refractivity contribution in [2.24, 2.45) is 11.1 Å². The van der Waals surface area contributed by atoms with Crippen molar-refractivity contribution in [3.63, 3.8) is 0 Å². The molecular weight excluding hydrogens is 194 g/mol. The van der Waals surface area contributed by atoms with Gasteiger partial charge in [-0.25, -0.2) is 0 Å². The maximum atomic E-state index is 11.3. The molecule has 4 heteroatoms. The number of rotatable bonds is 4. The first-order valence-corrected chi connectivity index (χ1v) is 5.61. The molecule has 0 spiro atoms. The van der Waals surface area contributed by atoms with E-state index in [0.717, 1.165) is 37.8 Å². The number of esters is 1. The predicted octanol–water partition coefficient (Wildman–Crippen LogP) is 2.35. The normalized spacial score (nSPS) is 24.1. The van der Waals surface area contributed by atoms with Crippen LogP contribution < -0.4 is 0 Å². The number of carbonyl (C=O) groups excluding carboxylic acids is 1. The van der Waals surface area contributed by atoms with E-state index in [9.17, 15) is 4.79 Å². The standard InChI is InChI=1S/C11H19NO3/c1-2-6-15-11(13)8-9-4-3-5-10(7-9)12-14/h9,14H,2-8H2,1H3/b12-10-. The topological polar surface area (TPSA) is 58.9 Å². The van der Waals surface area contributed by atoms with Crippen molar-refractivity contribution in [1.29, 1.82) is 0 Å². The molecule has 86 valence electrons. The lowest BCUT2D eigenvalue weighted by Crippen LogP contribution is -2.19. The van der Waals surface area contributed by atoms with Crippen LogP contribution >= 0.6 is 0 Å². The molecule has 1 rings (SSSR count). The molecule has 1 saturated carbocycles. The van der Waals surface area contributed by atoms with Crippen molar-refractivity contribution in [3.05, 3.63) is 0 Å². The van der Waals surface area contributed by atoms with Crippen LogP contribution in [0.1, 0.15) is 45.4 Å². The van der Waals surface area contributed by atoms with Gasteiger partial charge in [0.2, 0.25) is 0 Å². The van der Waals surface area contributed by atoms with Gasteiger partial charge in [-0.3, -0.25) is 4.79 Å². The van der Waals surface area contributed by atoms with Crippen LogP contribution in [0.4, 0.5) is 0 Å². The number of carbonyl (C=O) groups is 1. The van der Waals surface area contributed by atoms with Crippen molar-refractivity contribution in [3.8, 4) is 0 Å². The van der Waals surface area contributed by atoms with Gasteiger partial charge in [-0.15, -0.1) is 0 Å². The third kappa shape index (κ3) is 4.32. The quantitative estimate of drug-likeness (QED) is 0.443. The Morgan fingerprint density at radius 2 is 2.47 bits per heavy atom. The summed E-state index contributed by atoms with van der Waals surface area (Å²) in [6.45, 7) is 2.48. The molecule has 1 fully saturated rings. The minimum absolute atomic E-state index is 0.124. The van der Waals surface area contributed by atoms with Gasteiger partial charge in [0.25, 0.3) is 0 Å². The average molecular weight is 213 g/mol. The molecule has 1 atom stereocenters. The number of hydrogen-bond donors (Lipinski definition) is 1. The number of ether oxygens (including phenoxy) is 1. The Balaban J connectivity index is 2.28. The highest BCUT2D eigenvalue weighted by atomic mass is 16.5. The van der Waals surface area contributed by atoms with E-state index in [1.54, 1.807) is 0 Å². The van der Waals surface area contributed by atoms with Crippen LogP contribution in [0.3, 0.4) is 0 Å². The van der Waals surface area contributed by atoms with Gasteiger partial charge < -0.3 is 9.94 Å². The van der Waals surface area contributed by atoms with Gasteiger partial charge in [-0.05, 0) is 38.0 Å². The SMILES string of the molecule is CCCOC(=O)CC1CCC/C(=N/O)C1. The molecule has 0 heterocycles. The Kier molecular flexibility index (Phi) is 5.15. The Morgan fingerprint density at radius 3 is 3.13 bits per heavy atom. The second-order valence-corrected chi connectivity index (χ2v) is 4.05. The average Bonchev–Trinajstić information content (AvgIpc) is 2.26. The summed E-state index contributed by atoms with van der Waals surface area (Å²) in [5.41, 5.74) is 0.814. The highest BCUT2D eigenvalue weighted by Gasteiger charge is 2.21. The van der Waals surface area contributed by atoms with E-state index in [1.165, 1.54) is 0 Å². The Hall–Kier alpha value is -1.06. The van der Waals surface area contributed by atoms with Gasteiger partial charge in [-0.1, -0.05) is 12.1 Å². The summed E-state index contributed by atoms with van der Waals surface area (Å²) in [6, 6.07) is 0. The van der Waals surface area contributed by atoms with Crippen LogP contribution in [0.25, 0.3) is 0 Å². The minimum Gasteiger partial charge on any atom is -0.466 e. The van der Waals surface area contributed by atoms with Crippen molar-refractivity contribution < 1.29 is 14.7 Å². The molecule has 1 unspecified atom stereocenters. The summed E-state index contributed by atoms with van der Waals surface area (Å²) in [5, 5.41) is 11.9. The molecule has 0 aromatic heterocycles. The highest BCUT2D eigenvalue weighted by molar-refractivity contribution is 5.85. The molecule has 0 saturated heterocycles. The zero-order valence-electron chi connectivity index (χ0n) is 9.24. The summed E-state index contributed by atoms with van der Waals surface area (Å²) >= 11 is 0. The summed E-state index contributed by atoms with van der Waals surface area (Å²) in [7, 11) is 0. The van der Waals surface area contributed by atoms with Crippen LogP contribution in [0, 0.1) is 5.92 Å². The Bertz CT molecular complexity index is 238. The van der Waals surface area contributed by atoms with Crippen molar-refractivity contribution in [2.45, 2.75) is 45.4 Å². The first kappa shape index (κ1) is 12.0. The fourth-order valence-electron chi connectivity index (χ4n) is 1.91. The predicted molar refractivity (Wildman–Crippen MR) is 57.0 cm³/mol. The van der Waals surface area contributed by atoms with Gasteiger partial charge in [0.15, 0.2) is 0 Å². The molecule has 1 aliphatic carbocycles. The summed E-state index contributed by atoms with van der Waals surface area (Å²) in [4.78, 5) is 11.3. The third-order valence-electron chi connectivity index (χ3n) is 2.67. The first-order valence-electron chi connectivity index (χ1n) is 5.61. The molecule has 15 heavy (non-hydrogen) atoms. The van der Waals surface area contributed by atoms with Gasteiger partial charge in [0, 0.05) is 6.42 Å². The fourth-order valence-corrected chi connectivity index (χ4v) is 1.91. The zero-order valence-corrected chi connectivity index (χ0v) is 9.24. The molecular formula is C11H19NO3. The van der Waals surface area contributed by atoms with Crippen molar-refractivity contribution >= 4 is 11.7 Å². The van der Waals surface area contributed by atoms with Crippen LogP contribution in [-0.4, -0.2) is 23.5 Å². The van der Waals surface area contributed by atoms with E-state index < -0.39 is 0 Å². The number of hydrogen-bond acceptors (Lipinski definition) is 4. The maximum absolute atomic E-state index is 11.3. The monoisotopic (exact) mass is 213 g/mol. The van der Waals surface area contributed by atoms with E-state index in [0.29, 0.717) is 18.9 Å².